The fourth-order valence-electron chi connectivity index (χ4n) is 3.14. The van der Waals surface area contributed by atoms with Crippen LogP contribution < -0.4 is 5.73 Å². The third-order valence-electron chi connectivity index (χ3n) is 4.67. The summed E-state index contributed by atoms with van der Waals surface area (Å²) in [6.45, 7) is 9.83. The molecule has 4 nitrogen and oxygen atoms in total. The fraction of sp³-hybridized carbons (Fsp3) is 0.933. The van der Waals surface area contributed by atoms with E-state index in [1.54, 1.807) is 0 Å². The number of hydrogen-bond donors (Lipinski definition) is 1. The standard InChI is InChI=1S/C15H29N3O/c1-15(2,3)13(16)14(19)18-10-8-17(9-11-18)12-6-4-5-7-12/h12-13H,4-11,16H2,1-3H3/t13-/m1/s1. The molecule has 19 heavy (non-hydrogen) atoms. The Labute approximate surface area is 117 Å². The Hall–Kier alpha value is -0.610. The fourth-order valence-corrected chi connectivity index (χ4v) is 3.14. The van der Waals surface area contributed by atoms with E-state index >= 15 is 0 Å². The van der Waals surface area contributed by atoms with Gasteiger partial charge in [0.25, 0.3) is 0 Å². The quantitative estimate of drug-likeness (QED) is 0.824. The molecule has 1 saturated carbocycles. The molecule has 1 saturated heterocycles. The Balaban J connectivity index is 1.84. The number of piperazine rings is 1. The predicted molar refractivity (Wildman–Crippen MR) is 77.8 cm³/mol. The Morgan fingerprint density at radius 2 is 1.63 bits per heavy atom. The highest BCUT2D eigenvalue weighted by atomic mass is 16.2. The molecule has 0 radical (unpaired) electrons. The Morgan fingerprint density at radius 3 is 2.11 bits per heavy atom. The van der Waals surface area contributed by atoms with Crippen LogP contribution in [0.3, 0.4) is 0 Å². The van der Waals surface area contributed by atoms with Crippen molar-refractivity contribution >= 4 is 5.91 Å². The summed E-state index contributed by atoms with van der Waals surface area (Å²) >= 11 is 0. The van der Waals surface area contributed by atoms with E-state index in [1.165, 1.54) is 25.7 Å². The molecule has 2 fully saturated rings. The van der Waals surface area contributed by atoms with Crippen LogP contribution in [0.2, 0.25) is 0 Å². The van der Waals surface area contributed by atoms with E-state index in [9.17, 15) is 4.79 Å². The van der Waals surface area contributed by atoms with Gasteiger partial charge in [0.1, 0.15) is 0 Å². The zero-order chi connectivity index (χ0) is 14.0. The minimum Gasteiger partial charge on any atom is -0.339 e. The molecule has 110 valence electrons. The van der Waals surface area contributed by atoms with Crippen LogP contribution in [0.4, 0.5) is 0 Å². The lowest BCUT2D eigenvalue weighted by molar-refractivity contribution is -0.137. The molecule has 0 aromatic heterocycles. The molecule has 1 aliphatic carbocycles. The van der Waals surface area contributed by atoms with Crippen molar-refractivity contribution in [3.63, 3.8) is 0 Å². The maximum atomic E-state index is 12.4. The van der Waals surface area contributed by atoms with Gasteiger partial charge in [-0.1, -0.05) is 33.6 Å². The lowest BCUT2D eigenvalue weighted by atomic mass is 9.86. The van der Waals surface area contributed by atoms with E-state index in [4.69, 9.17) is 5.73 Å². The summed E-state index contributed by atoms with van der Waals surface area (Å²) in [5.41, 5.74) is 5.92. The van der Waals surface area contributed by atoms with E-state index in [-0.39, 0.29) is 17.4 Å². The molecule has 0 aromatic carbocycles. The van der Waals surface area contributed by atoms with E-state index in [2.05, 4.69) is 4.90 Å². The smallest absolute Gasteiger partial charge is 0.240 e. The Kier molecular flexibility index (Phi) is 4.51. The van der Waals surface area contributed by atoms with E-state index in [1.807, 2.05) is 25.7 Å². The summed E-state index contributed by atoms with van der Waals surface area (Å²) in [6.07, 6.45) is 5.43. The first kappa shape index (κ1) is 14.8. The highest BCUT2D eigenvalue weighted by Crippen LogP contribution is 2.25. The van der Waals surface area contributed by atoms with Crippen molar-refractivity contribution < 1.29 is 4.79 Å². The van der Waals surface area contributed by atoms with Crippen molar-refractivity contribution in [1.29, 1.82) is 0 Å². The molecule has 0 spiro atoms. The van der Waals surface area contributed by atoms with Gasteiger partial charge in [-0.15, -0.1) is 0 Å². The van der Waals surface area contributed by atoms with Crippen LogP contribution in [-0.4, -0.2) is 54.0 Å². The molecule has 0 bridgehead atoms. The second-order valence-corrected chi connectivity index (χ2v) is 7.14. The molecule has 1 amide bonds. The van der Waals surface area contributed by atoms with Gasteiger partial charge in [-0.3, -0.25) is 9.69 Å². The summed E-state index contributed by atoms with van der Waals surface area (Å²) in [6, 6.07) is 0.388. The molecular weight excluding hydrogens is 238 g/mol. The van der Waals surface area contributed by atoms with Crippen LogP contribution in [0.5, 0.6) is 0 Å². The van der Waals surface area contributed by atoms with Gasteiger partial charge in [0.15, 0.2) is 0 Å². The van der Waals surface area contributed by atoms with Crippen molar-refractivity contribution in [1.82, 2.24) is 9.80 Å². The van der Waals surface area contributed by atoms with E-state index in [0.717, 1.165) is 32.2 Å². The van der Waals surface area contributed by atoms with Crippen molar-refractivity contribution in [2.75, 3.05) is 26.2 Å². The average molecular weight is 267 g/mol. The number of carbonyl (C=O) groups excluding carboxylic acids is 1. The molecule has 2 rings (SSSR count). The zero-order valence-electron chi connectivity index (χ0n) is 12.7. The first-order chi connectivity index (χ1) is 8.89. The van der Waals surface area contributed by atoms with Gasteiger partial charge in [0.2, 0.25) is 5.91 Å². The molecular formula is C15H29N3O. The summed E-state index contributed by atoms with van der Waals surface area (Å²) in [7, 11) is 0. The first-order valence-electron chi connectivity index (χ1n) is 7.68. The predicted octanol–water partition coefficient (Wildman–Crippen LogP) is 1.45. The molecule has 2 aliphatic rings. The number of hydrogen-bond acceptors (Lipinski definition) is 3. The molecule has 1 aliphatic heterocycles. The zero-order valence-corrected chi connectivity index (χ0v) is 12.7. The first-order valence-corrected chi connectivity index (χ1v) is 7.68. The summed E-state index contributed by atoms with van der Waals surface area (Å²) in [5, 5.41) is 0. The number of nitrogens with zero attached hydrogens (tertiary/aromatic N) is 2. The molecule has 0 unspecified atom stereocenters. The normalized spacial score (nSPS) is 24.7. The maximum Gasteiger partial charge on any atom is 0.240 e. The molecule has 0 aromatic rings. The summed E-state index contributed by atoms with van der Waals surface area (Å²) in [5.74, 6) is 0.124. The van der Waals surface area contributed by atoms with Gasteiger partial charge in [0.05, 0.1) is 6.04 Å². The van der Waals surface area contributed by atoms with Crippen molar-refractivity contribution in [3.8, 4) is 0 Å². The third-order valence-corrected chi connectivity index (χ3v) is 4.67. The Morgan fingerprint density at radius 1 is 1.11 bits per heavy atom. The summed E-state index contributed by atoms with van der Waals surface area (Å²) < 4.78 is 0. The van der Waals surface area contributed by atoms with E-state index < -0.39 is 0 Å². The van der Waals surface area contributed by atoms with Crippen molar-refractivity contribution in [2.45, 2.75) is 58.5 Å². The van der Waals surface area contributed by atoms with Crippen LogP contribution in [-0.2, 0) is 4.79 Å². The number of nitrogens with two attached hydrogens (primary N) is 1. The van der Waals surface area contributed by atoms with Crippen molar-refractivity contribution in [3.05, 3.63) is 0 Å². The van der Waals surface area contributed by atoms with Gasteiger partial charge in [-0.2, -0.15) is 0 Å². The van der Waals surface area contributed by atoms with Gasteiger partial charge in [-0.25, -0.2) is 0 Å². The van der Waals surface area contributed by atoms with Crippen LogP contribution in [0.15, 0.2) is 0 Å². The highest BCUT2D eigenvalue weighted by molar-refractivity contribution is 5.82. The number of rotatable bonds is 2. The van der Waals surface area contributed by atoms with Gasteiger partial charge >= 0.3 is 0 Å². The largest absolute Gasteiger partial charge is 0.339 e. The van der Waals surface area contributed by atoms with E-state index in [0.29, 0.717) is 0 Å². The SMILES string of the molecule is CC(C)(C)[C@H](N)C(=O)N1CCN(C2CCCC2)CC1. The number of amides is 1. The lowest BCUT2D eigenvalue weighted by Crippen LogP contribution is -2.57. The topological polar surface area (TPSA) is 49.6 Å². The minimum absolute atomic E-state index is 0.124. The maximum absolute atomic E-state index is 12.4. The van der Waals surface area contributed by atoms with Gasteiger partial charge in [0, 0.05) is 32.2 Å². The summed E-state index contributed by atoms with van der Waals surface area (Å²) in [4.78, 5) is 16.9. The molecule has 2 N–H and O–H groups in total. The average Bonchev–Trinajstić information content (AvgIpc) is 2.90. The monoisotopic (exact) mass is 267 g/mol. The second-order valence-electron chi connectivity index (χ2n) is 7.14. The van der Waals surface area contributed by atoms with Gasteiger partial charge in [-0.05, 0) is 18.3 Å². The van der Waals surface area contributed by atoms with Crippen LogP contribution in [0, 0.1) is 5.41 Å². The lowest BCUT2D eigenvalue weighted by Gasteiger charge is -2.40. The second kappa shape index (κ2) is 5.80. The highest BCUT2D eigenvalue weighted by Gasteiger charge is 2.33. The Bertz CT molecular complexity index is 310. The van der Waals surface area contributed by atoms with Crippen molar-refractivity contribution in [2.24, 2.45) is 11.1 Å². The molecule has 4 heteroatoms. The van der Waals surface area contributed by atoms with Crippen LogP contribution in [0.1, 0.15) is 46.5 Å². The van der Waals surface area contributed by atoms with Crippen LogP contribution >= 0.6 is 0 Å². The number of carbonyl (C=O) groups is 1. The van der Waals surface area contributed by atoms with Gasteiger partial charge < -0.3 is 10.6 Å². The molecule has 1 atom stereocenters. The third kappa shape index (κ3) is 3.48. The molecule has 1 heterocycles. The minimum atomic E-state index is -0.384. The van der Waals surface area contributed by atoms with Crippen LogP contribution in [0.25, 0.3) is 0 Å².